The van der Waals surface area contributed by atoms with Gasteiger partial charge in [-0.05, 0) is 110 Å². The van der Waals surface area contributed by atoms with Crippen molar-refractivity contribution in [2.24, 2.45) is 0 Å². The molecule has 0 fully saturated rings. The van der Waals surface area contributed by atoms with Crippen molar-refractivity contribution in [2.75, 3.05) is 11.9 Å². The Morgan fingerprint density at radius 1 is 0.511 bits per heavy atom. The minimum atomic E-state index is -3.89. The molecule has 0 N–H and O–H groups in total. The summed E-state index contributed by atoms with van der Waals surface area (Å²) >= 11 is 0. The van der Waals surface area contributed by atoms with Crippen LogP contribution in [0.4, 0.5) is 5.69 Å². The number of hydrogen-bond donors (Lipinski definition) is 0. The Labute approximate surface area is 269 Å². The van der Waals surface area contributed by atoms with Gasteiger partial charge in [0, 0.05) is 7.05 Å². The predicted octanol–water partition coefficient (Wildman–Crippen LogP) is 6.44. The Hall–Kier alpha value is -6.07. The van der Waals surface area contributed by atoms with Gasteiger partial charge in [0.15, 0.2) is 0 Å². The van der Waals surface area contributed by atoms with Gasteiger partial charge in [-0.1, -0.05) is 12.1 Å². The van der Waals surface area contributed by atoms with Crippen molar-refractivity contribution in [2.45, 2.75) is 16.7 Å². The Morgan fingerprint density at radius 2 is 0.957 bits per heavy atom. The minimum Gasteiger partial charge on any atom is -0.457 e. The molecule has 4 amide bonds. The first-order valence-corrected chi connectivity index (χ1v) is 15.9. The van der Waals surface area contributed by atoms with Gasteiger partial charge in [0.05, 0.1) is 37.7 Å². The third kappa shape index (κ3) is 5.12. The molecule has 11 heteroatoms. The molecule has 0 spiro atoms. The Balaban J connectivity index is 1.04. The third-order valence-corrected chi connectivity index (χ3v) is 9.70. The zero-order valence-electron chi connectivity index (χ0n) is 25.0. The lowest BCUT2D eigenvalue weighted by Gasteiger charge is -2.14. The van der Waals surface area contributed by atoms with Crippen LogP contribution in [0, 0.1) is 6.92 Å². The summed E-state index contributed by atoms with van der Waals surface area (Å²) in [5.41, 5.74) is 2.43. The van der Waals surface area contributed by atoms with Crippen LogP contribution in [0.1, 0.15) is 47.0 Å². The summed E-state index contributed by atoms with van der Waals surface area (Å²) in [6.07, 6.45) is 0. The van der Waals surface area contributed by atoms with Gasteiger partial charge in [-0.2, -0.15) is 0 Å². The number of imide groups is 2. The topological polar surface area (TPSA) is 127 Å². The lowest BCUT2D eigenvalue weighted by molar-refractivity contribution is 0.0692. The molecule has 0 saturated heterocycles. The van der Waals surface area contributed by atoms with Crippen LogP contribution in [-0.2, 0) is 9.84 Å². The molecule has 5 aromatic rings. The fraction of sp³-hybridized carbons (Fsp3) is 0.0556. The van der Waals surface area contributed by atoms with Gasteiger partial charge in [0.2, 0.25) is 9.84 Å². The molecule has 5 aromatic carbocycles. The molecule has 232 valence electrons. The fourth-order valence-electron chi connectivity index (χ4n) is 5.47. The average molecular weight is 645 g/mol. The SMILES string of the molecule is Cc1cccc(N2C(=O)c3ccc(Oc4ccc(S(=O)(=O)c5ccc(Oc6ccc7c(c6)C(=O)N(C)C7=O)cc5)cc4)cc3C2=O)c1. The van der Waals surface area contributed by atoms with Gasteiger partial charge < -0.3 is 9.47 Å². The van der Waals surface area contributed by atoms with E-state index in [9.17, 15) is 27.6 Å². The first kappa shape index (κ1) is 29.6. The lowest BCUT2D eigenvalue weighted by Crippen LogP contribution is -2.29. The molecule has 2 aliphatic heterocycles. The van der Waals surface area contributed by atoms with E-state index in [1.807, 2.05) is 13.0 Å². The maximum absolute atomic E-state index is 13.3. The standard InChI is InChI=1S/C36H24N2O8S/c1-21-4-3-5-22(18-21)38-35(41)30-17-11-26(20-32(30)36(38)42)46-24-8-14-28(15-9-24)47(43,44)27-12-6-23(7-13-27)45-25-10-16-29-31(19-25)34(40)37(2)33(29)39/h3-20H,1-2H3. The van der Waals surface area contributed by atoms with Crippen LogP contribution in [0.25, 0.3) is 0 Å². The fourth-order valence-corrected chi connectivity index (χ4v) is 6.73. The summed E-state index contributed by atoms with van der Waals surface area (Å²) in [4.78, 5) is 52.8. The highest BCUT2D eigenvalue weighted by atomic mass is 32.2. The number of amides is 4. The number of rotatable bonds is 7. The number of nitrogens with zero attached hydrogens (tertiary/aromatic N) is 2. The number of aryl methyl sites for hydroxylation is 1. The molecule has 0 aromatic heterocycles. The Kier molecular flexibility index (Phi) is 6.98. The summed E-state index contributed by atoms with van der Waals surface area (Å²) in [6, 6.07) is 27.9. The normalized spacial score (nSPS) is 14.0. The molecular weight excluding hydrogens is 620 g/mol. The van der Waals surface area contributed by atoms with Crippen LogP contribution in [0.3, 0.4) is 0 Å². The molecule has 2 heterocycles. The zero-order chi connectivity index (χ0) is 33.0. The maximum atomic E-state index is 13.3. The quantitative estimate of drug-likeness (QED) is 0.185. The van der Waals surface area contributed by atoms with E-state index in [1.165, 1.54) is 79.8 Å². The molecule has 0 atom stereocenters. The van der Waals surface area contributed by atoms with Crippen LogP contribution in [0.15, 0.2) is 119 Å². The predicted molar refractivity (Wildman–Crippen MR) is 170 cm³/mol. The number of anilines is 1. The number of hydrogen-bond acceptors (Lipinski definition) is 8. The van der Waals surface area contributed by atoms with E-state index in [1.54, 1.807) is 30.3 Å². The number of sulfone groups is 1. The van der Waals surface area contributed by atoms with E-state index < -0.39 is 27.6 Å². The maximum Gasteiger partial charge on any atom is 0.266 e. The number of fused-ring (bicyclic) bond motifs is 2. The Bertz CT molecular complexity index is 2260. The monoisotopic (exact) mass is 644 g/mol. The number of carbonyl (C=O) groups excluding carboxylic acids is 4. The smallest absolute Gasteiger partial charge is 0.266 e. The lowest BCUT2D eigenvalue weighted by atomic mass is 10.1. The molecule has 47 heavy (non-hydrogen) atoms. The second-order valence-electron chi connectivity index (χ2n) is 11.0. The van der Waals surface area contributed by atoms with E-state index >= 15 is 0 Å². The van der Waals surface area contributed by atoms with E-state index in [0.29, 0.717) is 34.2 Å². The van der Waals surface area contributed by atoms with Crippen LogP contribution in [0.5, 0.6) is 23.0 Å². The Morgan fingerprint density at radius 3 is 1.49 bits per heavy atom. The van der Waals surface area contributed by atoms with E-state index in [-0.39, 0.29) is 32.4 Å². The van der Waals surface area contributed by atoms with Crippen molar-refractivity contribution in [3.05, 3.63) is 137 Å². The van der Waals surface area contributed by atoms with Gasteiger partial charge in [-0.15, -0.1) is 0 Å². The van der Waals surface area contributed by atoms with Crippen molar-refractivity contribution >= 4 is 39.2 Å². The molecule has 2 aliphatic rings. The molecule has 0 saturated carbocycles. The third-order valence-electron chi connectivity index (χ3n) is 7.92. The summed E-state index contributed by atoms with van der Waals surface area (Å²) in [5.74, 6) is -0.351. The highest BCUT2D eigenvalue weighted by Gasteiger charge is 2.37. The zero-order valence-corrected chi connectivity index (χ0v) is 25.8. The molecule has 0 aliphatic carbocycles. The van der Waals surface area contributed by atoms with Crippen LogP contribution < -0.4 is 14.4 Å². The first-order valence-electron chi connectivity index (χ1n) is 14.4. The van der Waals surface area contributed by atoms with Crippen molar-refractivity contribution < 1.29 is 37.1 Å². The molecule has 7 rings (SSSR count). The summed E-state index contributed by atoms with van der Waals surface area (Å²) < 4.78 is 38.4. The van der Waals surface area contributed by atoms with Gasteiger partial charge in [-0.25, -0.2) is 13.3 Å². The highest BCUT2D eigenvalue weighted by molar-refractivity contribution is 7.91. The molecule has 0 unspecified atom stereocenters. The van der Waals surface area contributed by atoms with Crippen molar-refractivity contribution in [3.8, 4) is 23.0 Å². The molecule has 0 radical (unpaired) electrons. The first-order chi connectivity index (χ1) is 22.5. The molecule has 10 nitrogen and oxygen atoms in total. The average Bonchev–Trinajstić information content (AvgIpc) is 3.44. The van der Waals surface area contributed by atoms with Gasteiger partial charge in [0.25, 0.3) is 23.6 Å². The van der Waals surface area contributed by atoms with Crippen LogP contribution >= 0.6 is 0 Å². The summed E-state index contributed by atoms with van der Waals surface area (Å²) in [7, 11) is -2.48. The van der Waals surface area contributed by atoms with E-state index in [0.717, 1.165) is 15.4 Å². The number of ether oxygens (including phenoxy) is 2. The van der Waals surface area contributed by atoms with Crippen LogP contribution in [-0.4, -0.2) is 44.0 Å². The van der Waals surface area contributed by atoms with Gasteiger partial charge in [0.1, 0.15) is 23.0 Å². The summed E-state index contributed by atoms with van der Waals surface area (Å²) in [5, 5.41) is 0. The molecule has 0 bridgehead atoms. The molecular formula is C36H24N2O8S. The highest BCUT2D eigenvalue weighted by Crippen LogP contribution is 2.34. The van der Waals surface area contributed by atoms with Crippen LogP contribution in [0.2, 0.25) is 0 Å². The second-order valence-corrected chi connectivity index (χ2v) is 13.0. The second kappa shape index (κ2) is 11.1. The summed E-state index contributed by atoms with van der Waals surface area (Å²) in [6.45, 7) is 1.88. The van der Waals surface area contributed by atoms with Crippen molar-refractivity contribution in [3.63, 3.8) is 0 Å². The van der Waals surface area contributed by atoms with Gasteiger partial charge >= 0.3 is 0 Å². The van der Waals surface area contributed by atoms with Crippen molar-refractivity contribution in [1.29, 1.82) is 0 Å². The van der Waals surface area contributed by atoms with E-state index in [4.69, 9.17) is 9.47 Å². The minimum absolute atomic E-state index is 0.0352. The van der Waals surface area contributed by atoms with Gasteiger partial charge in [-0.3, -0.25) is 24.1 Å². The van der Waals surface area contributed by atoms with Crippen molar-refractivity contribution in [1.82, 2.24) is 4.90 Å². The number of carbonyl (C=O) groups is 4. The number of benzene rings is 5. The largest absolute Gasteiger partial charge is 0.457 e. The van der Waals surface area contributed by atoms with E-state index in [2.05, 4.69) is 0 Å².